The molecule has 21 heavy (non-hydrogen) atoms. The number of methoxy groups -OCH3 is 1. The van der Waals surface area contributed by atoms with Crippen molar-refractivity contribution in [2.45, 2.75) is 38.1 Å². The van der Waals surface area contributed by atoms with Crippen LogP contribution in [0.15, 0.2) is 18.2 Å². The summed E-state index contributed by atoms with van der Waals surface area (Å²) >= 11 is 0. The summed E-state index contributed by atoms with van der Waals surface area (Å²) in [6.07, 6.45) is 3.62. The van der Waals surface area contributed by atoms with E-state index < -0.39 is 0 Å². The zero-order valence-electron chi connectivity index (χ0n) is 12.5. The van der Waals surface area contributed by atoms with Gasteiger partial charge in [-0.2, -0.15) is 0 Å². The van der Waals surface area contributed by atoms with Crippen molar-refractivity contribution in [2.24, 2.45) is 0 Å². The molecule has 0 saturated heterocycles. The second-order valence-electron chi connectivity index (χ2n) is 5.56. The van der Waals surface area contributed by atoms with Gasteiger partial charge in [-0.15, -0.1) is 0 Å². The maximum atomic E-state index is 12.3. The number of hydrogen-bond donors (Lipinski definition) is 2. The number of hydrogen-bond acceptors (Lipinski definition) is 3. The minimum Gasteiger partial charge on any atom is -0.495 e. The van der Waals surface area contributed by atoms with E-state index in [2.05, 4.69) is 24.1 Å². The van der Waals surface area contributed by atoms with Gasteiger partial charge in [0.05, 0.1) is 19.3 Å². The second kappa shape index (κ2) is 6.64. The van der Waals surface area contributed by atoms with Gasteiger partial charge in [-0.05, 0) is 44.4 Å². The number of rotatable bonds is 4. The highest BCUT2D eigenvalue weighted by Crippen LogP contribution is 2.31. The molecule has 0 unspecified atom stereocenters. The quantitative estimate of drug-likeness (QED) is 0.834. The minimum absolute atomic E-state index is 0.0217. The summed E-state index contributed by atoms with van der Waals surface area (Å²) in [7, 11) is 1.57. The Bertz CT molecular complexity index is 579. The Hall–Kier alpha value is -1.99. The number of aliphatic hydroxyl groups excluding tert-OH is 1. The molecule has 0 spiro atoms. The maximum Gasteiger partial charge on any atom is 0.251 e. The molecule has 1 fully saturated rings. The molecular formula is C17H21NO3. The molecule has 0 atom stereocenters. The standard InChI is InChI=1S/C17H21NO3/c1-17(9-5-10-17)18-16(20)14-7-8-15(21-2)13(12-14)6-3-4-11-19/h7-8,12,19H,4-5,9-11H2,1-2H3,(H,18,20). The predicted molar refractivity (Wildman–Crippen MR) is 81.3 cm³/mol. The third-order valence-corrected chi connectivity index (χ3v) is 3.79. The van der Waals surface area contributed by atoms with E-state index in [4.69, 9.17) is 9.84 Å². The van der Waals surface area contributed by atoms with E-state index in [0.717, 1.165) is 19.3 Å². The summed E-state index contributed by atoms with van der Waals surface area (Å²) in [6.45, 7) is 2.09. The molecule has 0 bridgehead atoms. The van der Waals surface area contributed by atoms with Crippen molar-refractivity contribution in [3.63, 3.8) is 0 Å². The zero-order valence-corrected chi connectivity index (χ0v) is 12.5. The van der Waals surface area contributed by atoms with Gasteiger partial charge in [0, 0.05) is 17.5 Å². The summed E-state index contributed by atoms with van der Waals surface area (Å²) in [5.41, 5.74) is 1.18. The van der Waals surface area contributed by atoms with E-state index >= 15 is 0 Å². The van der Waals surface area contributed by atoms with Gasteiger partial charge in [0.2, 0.25) is 0 Å². The smallest absolute Gasteiger partial charge is 0.251 e. The molecule has 4 nitrogen and oxygen atoms in total. The van der Waals surface area contributed by atoms with Crippen LogP contribution in [-0.2, 0) is 0 Å². The van der Waals surface area contributed by atoms with Crippen molar-refractivity contribution in [1.82, 2.24) is 5.32 Å². The van der Waals surface area contributed by atoms with Gasteiger partial charge >= 0.3 is 0 Å². The maximum absolute atomic E-state index is 12.3. The number of carbonyl (C=O) groups is 1. The third-order valence-electron chi connectivity index (χ3n) is 3.79. The highest BCUT2D eigenvalue weighted by Gasteiger charge is 2.33. The van der Waals surface area contributed by atoms with Gasteiger partial charge in [0.25, 0.3) is 5.91 Å². The fraction of sp³-hybridized carbons (Fsp3) is 0.471. The van der Waals surface area contributed by atoms with Crippen LogP contribution in [0.3, 0.4) is 0 Å². The molecule has 0 radical (unpaired) electrons. The van der Waals surface area contributed by atoms with Gasteiger partial charge in [-0.3, -0.25) is 4.79 Å². The van der Waals surface area contributed by atoms with E-state index in [1.165, 1.54) is 0 Å². The van der Waals surface area contributed by atoms with Gasteiger partial charge < -0.3 is 15.2 Å². The van der Waals surface area contributed by atoms with Crippen molar-refractivity contribution in [2.75, 3.05) is 13.7 Å². The summed E-state index contributed by atoms with van der Waals surface area (Å²) in [5, 5.41) is 11.8. The molecule has 1 saturated carbocycles. The van der Waals surface area contributed by atoms with E-state index in [0.29, 0.717) is 23.3 Å². The van der Waals surface area contributed by atoms with Crippen LogP contribution < -0.4 is 10.1 Å². The van der Waals surface area contributed by atoms with Gasteiger partial charge in [0.1, 0.15) is 5.75 Å². The molecule has 112 valence electrons. The van der Waals surface area contributed by atoms with Gasteiger partial charge in [-0.25, -0.2) is 0 Å². The molecule has 1 aromatic carbocycles. The Morgan fingerprint density at radius 1 is 1.48 bits per heavy atom. The summed E-state index contributed by atoms with van der Waals surface area (Å²) < 4.78 is 5.25. The van der Waals surface area contributed by atoms with Gasteiger partial charge in [0.15, 0.2) is 0 Å². The monoisotopic (exact) mass is 287 g/mol. The van der Waals surface area contributed by atoms with Crippen LogP contribution in [0.4, 0.5) is 0 Å². The molecule has 0 aromatic heterocycles. The van der Waals surface area contributed by atoms with E-state index in [-0.39, 0.29) is 18.1 Å². The molecule has 1 aliphatic rings. The van der Waals surface area contributed by atoms with Crippen molar-refractivity contribution in [1.29, 1.82) is 0 Å². The number of benzene rings is 1. The fourth-order valence-electron chi connectivity index (χ4n) is 2.34. The van der Waals surface area contributed by atoms with Crippen LogP contribution in [0.2, 0.25) is 0 Å². The van der Waals surface area contributed by atoms with E-state index in [9.17, 15) is 4.79 Å². The normalized spacial score (nSPS) is 15.4. The molecule has 4 heteroatoms. The van der Waals surface area contributed by atoms with Gasteiger partial charge in [-0.1, -0.05) is 11.8 Å². The van der Waals surface area contributed by atoms with Crippen LogP contribution >= 0.6 is 0 Å². The average molecular weight is 287 g/mol. The number of carbonyl (C=O) groups excluding carboxylic acids is 1. The topological polar surface area (TPSA) is 58.6 Å². The van der Waals surface area contributed by atoms with Crippen molar-refractivity contribution < 1.29 is 14.6 Å². The lowest BCUT2D eigenvalue weighted by Crippen LogP contribution is -2.50. The first-order chi connectivity index (χ1) is 10.1. The summed E-state index contributed by atoms with van der Waals surface area (Å²) in [4.78, 5) is 12.3. The number of nitrogens with one attached hydrogen (secondary N) is 1. The number of amides is 1. The first kappa shape index (κ1) is 15.4. The summed E-state index contributed by atoms with van der Waals surface area (Å²) in [5.74, 6) is 6.34. The Morgan fingerprint density at radius 3 is 2.81 bits per heavy atom. The van der Waals surface area contributed by atoms with Crippen LogP contribution in [0, 0.1) is 11.8 Å². The van der Waals surface area contributed by atoms with Crippen LogP contribution in [-0.4, -0.2) is 30.3 Å². The van der Waals surface area contributed by atoms with Crippen molar-refractivity contribution >= 4 is 5.91 Å². The van der Waals surface area contributed by atoms with E-state index in [1.54, 1.807) is 25.3 Å². The van der Waals surface area contributed by atoms with Crippen LogP contribution in [0.5, 0.6) is 5.75 Å². The zero-order chi connectivity index (χ0) is 15.3. The number of ether oxygens (including phenoxy) is 1. The third kappa shape index (κ3) is 3.77. The molecule has 0 aliphatic heterocycles. The minimum atomic E-state index is -0.0786. The molecule has 1 aromatic rings. The first-order valence-electron chi connectivity index (χ1n) is 7.18. The molecule has 0 heterocycles. The largest absolute Gasteiger partial charge is 0.495 e. The highest BCUT2D eigenvalue weighted by molar-refractivity contribution is 5.95. The van der Waals surface area contributed by atoms with Crippen LogP contribution in [0.25, 0.3) is 0 Å². The molecular weight excluding hydrogens is 266 g/mol. The predicted octanol–water partition coefficient (Wildman–Crippen LogP) is 2.10. The lowest BCUT2D eigenvalue weighted by Gasteiger charge is -2.39. The second-order valence-corrected chi connectivity index (χ2v) is 5.56. The highest BCUT2D eigenvalue weighted by atomic mass is 16.5. The SMILES string of the molecule is COc1ccc(C(=O)NC2(C)CCC2)cc1C#CCCO. The van der Waals surface area contributed by atoms with Crippen molar-refractivity contribution in [3.05, 3.63) is 29.3 Å². The molecule has 1 amide bonds. The lowest BCUT2D eigenvalue weighted by molar-refractivity contribution is 0.0850. The average Bonchev–Trinajstić information content (AvgIpc) is 2.45. The molecule has 2 N–H and O–H groups in total. The Balaban J connectivity index is 2.18. The van der Waals surface area contributed by atoms with Crippen molar-refractivity contribution in [3.8, 4) is 17.6 Å². The molecule has 1 aliphatic carbocycles. The Morgan fingerprint density at radius 2 is 2.24 bits per heavy atom. The molecule has 2 rings (SSSR count). The van der Waals surface area contributed by atoms with E-state index in [1.807, 2.05) is 0 Å². The van der Waals surface area contributed by atoms with Crippen LogP contribution in [0.1, 0.15) is 48.5 Å². The lowest BCUT2D eigenvalue weighted by atomic mass is 9.78. The number of aliphatic hydroxyl groups is 1. The summed E-state index contributed by atoms with van der Waals surface area (Å²) in [6, 6.07) is 5.23. The fourth-order valence-corrected chi connectivity index (χ4v) is 2.34. The first-order valence-corrected chi connectivity index (χ1v) is 7.18. The Labute approximate surface area is 125 Å². The Kier molecular flexibility index (Phi) is 4.87.